The molecule has 4 saturated carbocycles. The van der Waals surface area contributed by atoms with Gasteiger partial charge in [-0.2, -0.15) is 0 Å². The van der Waals surface area contributed by atoms with Crippen molar-refractivity contribution in [2.24, 2.45) is 47.3 Å². The van der Waals surface area contributed by atoms with E-state index in [4.69, 9.17) is 32.7 Å². The lowest BCUT2D eigenvalue weighted by Gasteiger charge is -2.36. The number of nitrogens with zero attached hydrogens (tertiary/aromatic N) is 4. The number of benzene rings is 2. The molecule has 67 heavy (non-hydrogen) atoms. The first kappa shape index (κ1) is 48.2. The second kappa shape index (κ2) is 21.0. The molecule has 0 aliphatic heterocycles. The number of rotatable bonds is 18. The van der Waals surface area contributed by atoms with Crippen LogP contribution in [0.15, 0.2) is 60.7 Å². The highest BCUT2D eigenvalue weighted by Gasteiger charge is 2.62. The zero-order valence-corrected chi connectivity index (χ0v) is 39.9. The summed E-state index contributed by atoms with van der Waals surface area (Å²) in [7, 11) is 0. The first-order valence-corrected chi connectivity index (χ1v) is 24.5. The molecule has 8 rings (SSSR count). The van der Waals surface area contributed by atoms with Crippen molar-refractivity contribution >= 4 is 80.6 Å². The summed E-state index contributed by atoms with van der Waals surface area (Å²) in [4.78, 5) is 98.8. The topological polar surface area (TPSA) is 189 Å². The van der Waals surface area contributed by atoms with Gasteiger partial charge in [0.15, 0.2) is 0 Å². The first-order valence-electron chi connectivity index (χ1n) is 23.7. The number of aromatic nitrogens is 2. The maximum atomic E-state index is 14.8. The smallest absolute Gasteiger partial charge is 0.339 e. The van der Waals surface area contributed by atoms with Gasteiger partial charge in [-0.15, -0.1) is 0 Å². The molecule has 4 bridgehead atoms. The minimum absolute atomic E-state index is 0.125. The van der Waals surface area contributed by atoms with Crippen LogP contribution >= 0.6 is 23.2 Å². The molecular weight excluding hydrogens is 897 g/mol. The summed E-state index contributed by atoms with van der Waals surface area (Å²) in [5.74, 6) is -8.64. The second-order valence-corrected chi connectivity index (χ2v) is 19.1. The average molecular weight is 957 g/mol. The Labute approximate surface area is 400 Å². The summed E-state index contributed by atoms with van der Waals surface area (Å²) in [6, 6.07) is 17.1. The summed E-state index contributed by atoms with van der Waals surface area (Å²) in [5, 5.41) is 10.1. The molecule has 0 radical (unpaired) electrons. The zero-order chi connectivity index (χ0) is 47.5. The van der Waals surface area contributed by atoms with E-state index in [-0.39, 0.29) is 45.1 Å². The van der Waals surface area contributed by atoms with E-state index in [1.807, 2.05) is 27.7 Å². The molecule has 4 aliphatic rings. The Morgan fingerprint density at radius 1 is 0.567 bits per heavy atom. The number of ether oxygens (including phenoxy) is 2. The number of amides is 4. The summed E-state index contributed by atoms with van der Waals surface area (Å²) < 4.78 is 12.4. The van der Waals surface area contributed by atoms with Crippen molar-refractivity contribution < 1.29 is 38.2 Å². The van der Waals surface area contributed by atoms with Gasteiger partial charge < -0.3 is 29.9 Å². The summed E-state index contributed by atoms with van der Waals surface area (Å²) in [6.07, 6.45) is 0.0869. The number of hydrogen-bond donors (Lipinski definition) is 3. The number of halogens is 2. The summed E-state index contributed by atoms with van der Waals surface area (Å²) >= 11 is 12.7. The largest absolute Gasteiger partial charge is 0.458 e. The van der Waals surface area contributed by atoms with Crippen molar-refractivity contribution in [3.8, 4) is 0 Å². The van der Waals surface area contributed by atoms with E-state index >= 15 is 0 Å². The van der Waals surface area contributed by atoms with E-state index in [9.17, 15) is 28.8 Å². The third-order valence-corrected chi connectivity index (χ3v) is 15.3. The maximum Gasteiger partial charge on any atom is 0.339 e. The van der Waals surface area contributed by atoms with Crippen LogP contribution in [0.3, 0.4) is 0 Å². The van der Waals surface area contributed by atoms with Crippen LogP contribution in [0.1, 0.15) is 74.1 Å². The van der Waals surface area contributed by atoms with E-state index < -0.39 is 71.5 Å². The minimum atomic E-state index is -1.02. The molecule has 0 saturated heterocycles. The lowest BCUT2D eigenvalue weighted by atomic mass is 9.75. The Kier molecular flexibility index (Phi) is 15.1. The number of carbonyl (C=O) groups is 6. The van der Waals surface area contributed by atoms with Crippen LogP contribution in [-0.4, -0.2) is 120 Å². The number of nitrogens with one attached hydrogen (secondary N) is 3. The van der Waals surface area contributed by atoms with E-state index in [1.54, 1.807) is 48.5 Å². The Hall–Kier alpha value is -5.22. The van der Waals surface area contributed by atoms with Gasteiger partial charge in [-0.25, -0.2) is 19.6 Å². The monoisotopic (exact) mass is 955 g/mol. The van der Waals surface area contributed by atoms with Gasteiger partial charge in [-0.05, 0) is 88.0 Å². The summed E-state index contributed by atoms with van der Waals surface area (Å²) in [6.45, 7) is 13.4. The quantitative estimate of drug-likeness (QED) is 0.0606. The van der Waals surface area contributed by atoms with Gasteiger partial charge in [0.05, 0.1) is 45.8 Å². The molecular formula is C50H59Cl2N7O8. The molecule has 4 aromatic rings. The molecule has 4 amide bonds. The molecule has 3 N–H and O–H groups in total. The Bertz CT molecular complexity index is 2370. The number of para-hydroxylation sites is 2. The van der Waals surface area contributed by atoms with Crippen LogP contribution < -0.4 is 16.0 Å². The molecule has 2 aromatic heterocycles. The van der Waals surface area contributed by atoms with Crippen molar-refractivity contribution in [3.05, 3.63) is 82.1 Å². The van der Waals surface area contributed by atoms with E-state index in [0.29, 0.717) is 73.7 Å². The van der Waals surface area contributed by atoms with Crippen LogP contribution in [-0.2, 0) is 28.7 Å². The maximum absolute atomic E-state index is 14.8. The molecule has 17 heteroatoms. The standard InChI is InChI=1S/C50H59Cl2N7O8/c1-5-58(6-2)19-17-53-45(60)41-27-21-33(37(23-27)66-49(64)31-25-39(51)55-35-15-11-9-13-29(31)35)43(41)47(62)57-48(63)44-34-22-28(42(44)46(61)54-18-20-59(7-3)8-4)24-38(34)67-50(65)32-26-40(52)56-36-16-12-10-14-30(32)36/h9-16,25-28,33-34,37-38,41-44H,5-8,17-24H2,1-4H3,(H,53,60)(H,54,61)(H,57,62,63). The van der Waals surface area contributed by atoms with Gasteiger partial charge in [0.25, 0.3) is 0 Å². The molecule has 0 spiro atoms. The lowest BCUT2D eigenvalue weighted by Crippen LogP contribution is -2.54. The summed E-state index contributed by atoms with van der Waals surface area (Å²) in [5.41, 5.74) is 1.51. The third kappa shape index (κ3) is 10.0. The predicted molar refractivity (Wildman–Crippen MR) is 253 cm³/mol. The fourth-order valence-corrected chi connectivity index (χ4v) is 12.0. The van der Waals surface area contributed by atoms with Crippen LogP contribution in [0.5, 0.6) is 0 Å². The predicted octanol–water partition coefficient (Wildman–Crippen LogP) is 5.94. The van der Waals surface area contributed by atoms with Gasteiger partial charge in [0.1, 0.15) is 22.5 Å². The average Bonchev–Trinajstić information content (AvgIpc) is 4.11. The van der Waals surface area contributed by atoms with E-state index in [1.165, 1.54) is 12.1 Å². The van der Waals surface area contributed by atoms with Gasteiger partial charge in [0, 0.05) is 48.8 Å². The van der Waals surface area contributed by atoms with Crippen LogP contribution in [0, 0.1) is 47.3 Å². The zero-order valence-electron chi connectivity index (χ0n) is 38.3. The Balaban J connectivity index is 1.05. The van der Waals surface area contributed by atoms with E-state index in [2.05, 4.69) is 35.7 Å². The number of pyridine rings is 2. The first-order chi connectivity index (χ1) is 32.3. The van der Waals surface area contributed by atoms with Gasteiger partial charge >= 0.3 is 11.9 Å². The molecule has 2 heterocycles. The van der Waals surface area contributed by atoms with Crippen molar-refractivity contribution in [1.29, 1.82) is 0 Å². The lowest BCUT2D eigenvalue weighted by molar-refractivity contribution is -0.147. The minimum Gasteiger partial charge on any atom is -0.458 e. The molecule has 10 unspecified atom stereocenters. The Morgan fingerprint density at radius 3 is 1.34 bits per heavy atom. The van der Waals surface area contributed by atoms with Gasteiger partial charge in [-0.3, -0.25) is 24.5 Å². The van der Waals surface area contributed by atoms with Crippen LogP contribution in [0.2, 0.25) is 10.3 Å². The highest BCUT2D eigenvalue weighted by atomic mass is 35.5. The normalized spacial score (nSPS) is 26.0. The van der Waals surface area contributed by atoms with E-state index in [0.717, 1.165) is 26.2 Å². The number of carbonyl (C=O) groups excluding carboxylic acids is 6. The second-order valence-electron chi connectivity index (χ2n) is 18.3. The van der Waals surface area contributed by atoms with Crippen molar-refractivity contribution in [2.75, 3.05) is 52.4 Å². The van der Waals surface area contributed by atoms with Gasteiger partial charge in [0.2, 0.25) is 23.6 Å². The van der Waals surface area contributed by atoms with Crippen molar-refractivity contribution in [1.82, 2.24) is 35.7 Å². The number of imide groups is 1. The number of esters is 2. The van der Waals surface area contributed by atoms with Crippen LogP contribution in [0.4, 0.5) is 0 Å². The van der Waals surface area contributed by atoms with Crippen molar-refractivity contribution in [3.63, 3.8) is 0 Å². The molecule has 4 fully saturated rings. The Morgan fingerprint density at radius 2 is 0.955 bits per heavy atom. The SMILES string of the molecule is CCN(CC)CCNC(=O)C1C2CC(OC(=O)c3cc(Cl)nc4ccccc34)C(C2)C1C(=O)NC(=O)C1C2CC(CC2OC(=O)c2cc(Cl)nc3ccccc23)C1C(=O)NCCN(CC)CC. The molecule has 4 aliphatic carbocycles. The van der Waals surface area contributed by atoms with Gasteiger partial charge in [-0.1, -0.05) is 87.3 Å². The molecule has 2 aromatic carbocycles. The number of hydrogen-bond acceptors (Lipinski definition) is 12. The molecule has 10 atom stereocenters. The number of likely N-dealkylation sites (N-methyl/N-ethyl adjacent to an activating group) is 2. The fourth-order valence-electron chi connectivity index (χ4n) is 11.6. The number of fused-ring (bicyclic) bond motifs is 6. The van der Waals surface area contributed by atoms with Crippen LogP contribution in [0.25, 0.3) is 21.8 Å². The highest BCUT2D eigenvalue weighted by Crippen LogP contribution is 2.56. The van der Waals surface area contributed by atoms with Crippen molar-refractivity contribution in [2.45, 2.75) is 65.6 Å². The fraction of sp³-hybridized carbons (Fsp3) is 0.520. The molecule has 15 nitrogen and oxygen atoms in total. The molecule has 356 valence electrons. The third-order valence-electron chi connectivity index (χ3n) is 14.9. The highest BCUT2D eigenvalue weighted by molar-refractivity contribution is 6.31.